The molecule has 8 nitrogen and oxygen atoms in total. The Morgan fingerprint density at radius 1 is 1.05 bits per heavy atom. The normalized spacial score (nSPS) is 14.0. The molecule has 0 unspecified atom stereocenters. The summed E-state index contributed by atoms with van der Waals surface area (Å²) < 4.78 is 33.5. The second-order valence-corrected chi connectivity index (χ2v) is 13.9. The Balaban J connectivity index is 0.00000533. The van der Waals surface area contributed by atoms with Crippen LogP contribution in [0.2, 0.25) is 0 Å². The Kier molecular flexibility index (Phi) is 12.0. The number of fused-ring (bicyclic) bond motifs is 1. The second-order valence-electron chi connectivity index (χ2n) is 10.8. The highest BCUT2D eigenvalue weighted by atomic mass is 35.5. The number of halogens is 1. The number of thiophene rings is 1. The van der Waals surface area contributed by atoms with E-state index in [1.54, 1.807) is 6.92 Å². The number of benzene rings is 1. The zero-order chi connectivity index (χ0) is 28.2. The summed E-state index contributed by atoms with van der Waals surface area (Å²) in [6, 6.07) is 6.36. The van der Waals surface area contributed by atoms with Crippen molar-refractivity contribution in [2.45, 2.75) is 72.4 Å². The molecule has 0 aliphatic carbocycles. The number of nitrogens with zero attached hydrogens (tertiary/aromatic N) is 2. The number of carbonyl (C=O) groups is 2. The first kappa shape index (κ1) is 33.2. The standard InChI is InChI=1S/C28H41N3O5S2.ClH/c1-8-36-28(33)25-23-13-14-30(20(6)7)17-24(23)37-27(25)29-26(32)21-9-11-22(12-10-21)38(34,35)31(15-18(2)3)16-19(4)5;/h9-12,18-20H,8,13-17H2,1-7H3,(H,29,32);1H. The van der Waals surface area contributed by atoms with Gasteiger partial charge in [-0.3, -0.25) is 9.69 Å². The summed E-state index contributed by atoms with van der Waals surface area (Å²) in [5.41, 5.74) is 1.69. The number of anilines is 1. The van der Waals surface area contributed by atoms with Gasteiger partial charge in [0.1, 0.15) is 5.00 Å². The van der Waals surface area contributed by atoms with Crippen molar-refractivity contribution in [3.05, 3.63) is 45.8 Å². The van der Waals surface area contributed by atoms with Crippen LogP contribution in [-0.2, 0) is 27.7 Å². The molecule has 1 aliphatic rings. The molecule has 2 aromatic rings. The summed E-state index contributed by atoms with van der Waals surface area (Å²) in [6.45, 7) is 16.7. The number of sulfonamides is 1. The van der Waals surface area contributed by atoms with Gasteiger partial charge in [0.25, 0.3) is 5.91 Å². The highest BCUT2D eigenvalue weighted by Gasteiger charge is 2.31. The van der Waals surface area contributed by atoms with Crippen molar-refractivity contribution in [2.75, 3.05) is 31.6 Å². The zero-order valence-electron chi connectivity index (χ0n) is 23.9. The number of hydrogen-bond donors (Lipinski definition) is 1. The lowest BCUT2D eigenvalue weighted by molar-refractivity contribution is 0.0526. The van der Waals surface area contributed by atoms with Crippen molar-refractivity contribution in [3.63, 3.8) is 0 Å². The van der Waals surface area contributed by atoms with Crippen LogP contribution in [0, 0.1) is 11.8 Å². The van der Waals surface area contributed by atoms with Gasteiger partial charge in [0.15, 0.2) is 0 Å². The van der Waals surface area contributed by atoms with Gasteiger partial charge in [0, 0.05) is 42.7 Å². The zero-order valence-corrected chi connectivity index (χ0v) is 26.4. The van der Waals surface area contributed by atoms with E-state index in [9.17, 15) is 18.0 Å². The molecule has 0 saturated heterocycles. The maximum atomic E-state index is 13.3. The van der Waals surface area contributed by atoms with Crippen molar-refractivity contribution >= 4 is 50.6 Å². The first-order valence-electron chi connectivity index (χ1n) is 13.3. The summed E-state index contributed by atoms with van der Waals surface area (Å²) in [7, 11) is -3.69. The molecule has 0 bridgehead atoms. The van der Waals surface area contributed by atoms with Crippen molar-refractivity contribution in [1.29, 1.82) is 0 Å². The molecule has 0 atom stereocenters. The molecule has 1 aliphatic heterocycles. The number of rotatable bonds is 11. The number of esters is 1. The van der Waals surface area contributed by atoms with E-state index in [0.29, 0.717) is 41.7 Å². The number of hydrogen-bond acceptors (Lipinski definition) is 7. The third-order valence-electron chi connectivity index (χ3n) is 6.42. The quantitative estimate of drug-likeness (QED) is 0.334. The molecule has 218 valence electrons. The average molecular weight is 600 g/mol. The number of carbonyl (C=O) groups excluding carboxylic acids is 2. The fourth-order valence-corrected chi connectivity index (χ4v) is 7.58. The maximum Gasteiger partial charge on any atom is 0.341 e. The number of nitrogens with one attached hydrogen (secondary N) is 1. The number of amides is 1. The van der Waals surface area contributed by atoms with Crippen molar-refractivity contribution < 1.29 is 22.7 Å². The minimum absolute atomic E-state index is 0. The topological polar surface area (TPSA) is 96.0 Å². The van der Waals surface area contributed by atoms with Crippen LogP contribution in [0.1, 0.15) is 79.6 Å². The maximum absolute atomic E-state index is 13.3. The summed E-state index contributed by atoms with van der Waals surface area (Å²) in [5.74, 6) is -0.465. The fraction of sp³-hybridized carbons (Fsp3) is 0.571. The van der Waals surface area contributed by atoms with Gasteiger partial charge in [0.2, 0.25) is 10.0 Å². The van der Waals surface area contributed by atoms with Crippen LogP contribution < -0.4 is 5.32 Å². The molecule has 11 heteroatoms. The van der Waals surface area contributed by atoms with E-state index in [0.717, 1.165) is 23.5 Å². The van der Waals surface area contributed by atoms with Gasteiger partial charge < -0.3 is 10.1 Å². The van der Waals surface area contributed by atoms with Crippen LogP contribution >= 0.6 is 23.7 Å². The van der Waals surface area contributed by atoms with Gasteiger partial charge >= 0.3 is 5.97 Å². The smallest absolute Gasteiger partial charge is 0.341 e. The van der Waals surface area contributed by atoms with E-state index in [1.165, 1.54) is 39.9 Å². The summed E-state index contributed by atoms with van der Waals surface area (Å²) >= 11 is 1.41. The van der Waals surface area contributed by atoms with E-state index < -0.39 is 21.9 Å². The van der Waals surface area contributed by atoms with Gasteiger partial charge in [-0.2, -0.15) is 4.31 Å². The lowest BCUT2D eigenvalue weighted by Gasteiger charge is -2.30. The average Bonchev–Trinajstić information content (AvgIpc) is 3.20. The molecule has 3 rings (SSSR count). The SMILES string of the molecule is CCOC(=O)c1c(NC(=O)c2ccc(S(=O)(=O)N(CC(C)C)CC(C)C)cc2)sc2c1CCN(C(C)C)C2.Cl. The minimum atomic E-state index is -3.69. The van der Waals surface area contributed by atoms with Gasteiger partial charge in [-0.15, -0.1) is 23.7 Å². The van der Waals surface area contributed by atoms with E-state index in [-0.39, 0.29) is 35.7 Å². The predicted octanol–water partition coefficient (Wildman–Crippen LogP) is 5.67. The van der Waals surface area contributed by atoms with E-state index in [4.69, 9.17) is 4.74 Å². The molecule has 0 fully saturated rings. The molecule has 1 N–H and O–H groups in total. The summed E-state index contributed by atoms with van der Waals surface area (Å²) in [5, 5.41) is 3.37. The van der Waals surface area contributed by atoms with Crippen molar-refractivity contribution in [3.8, 4) is 0 Å². The summed E-state index contributed by atoms with van der Waals surface area (Å²) in [6.07, 6.45) is 0.712. The van der Waals surface area contributed by atoms with Crippen molar-refractivity contribution in [2.24, 2.45) is 11.8 Å². The van der Waals surface area contributed by atoms with Gasteiger partial charge in [-0.05, 0) is 68.9 Å². The van der Waals surface area contributed by atoms with Crippen LogP contribution in [-0.4, -0.2) is 61.8 Å². The highest BCUT2D eigenvalue weighted by molar-refractivity contribution is 7.89. The lowest BCUT2D eigenvalue weighted by Crippen LogP contribution is -2.37. The van der Waals surface area contributed by atoms with Crippen LogP contribution in [0.5, 0.6) is 0 Å². The molecule has 0 radical (unpaired) electrons. The Hall–Kier alpha value is -1.98. The van der Waals surface area contributed by atoms with Gasteiger partial charge in [-0.1, -0.05) is 27.7 Å². The minimum Gasteiger partial charge on any atom is -0.462 e. The predicted molar refractivity (Wildman–Crippen MR) is 160 cm³/mol. The molecule has 0 spiro atoms. The molecular formula is C28H42ClN3O5S2. The third kappa shape index (κ3) is 8.04. The largest absolute Gasteiger partial charge is 0.462 e. The van der Waals surface area contributed by atoms with Crippen LogP contribution in [0.3, 0.4) is 0 Å². The third-order valence-corrected chi connectivity index (χ3v) is 9.39. The molecule has 1 aromatic carbocycles. The van der Waals surface area contributed by atoms with Crippen LogP contribution in [0.4, 0.5) is 5.00 Å². The second kappa shape index (κ2) is 14.1. The Morgan fingerprint density at radius 2 is 1.64 bits per heavy atom. The Labute approximate surface area is 243 Å². The molecule has 0 saturated carbocycles. The Bertz CT molecular complexity index is 1230. The van der Waals surface area contributed by atoms with E-state index in [2.05, 4.69) is 24.1 Å². The van der Waals surface area contributed by atoms with Gasteiger partial charge in [-0.25, -0.2) is 13.2 Å². The van der Waals surface area contributed by atoms with E-state index >= 15 is 0 Å². The summed E-state index contributed by atoms with van der Waals surface area (Å²) in [4.78, 5) is 29.6. The lowest BCUT2D eigenvalue weighted by atomic mass is 10.0. The monoisotopic (exact) mass is 599 g/mol. The fourth-order valence-electron chi connectivity index (χ4n) is 4.56. The van der Waals surface area contributed by atoms with Crippen molar-refractivity contribution in [1.82, 2.24) is 9.21 Å². The molecule has 1 amide bonds. The Morgan fingerprint density at radius 3 is 2.15 bits per heavy atom. The van der Waals surface area contributed by atoms with Crippen LogP contribution in [0.15, 0.2) is 29.2 Å². The first-order valence-corrected chi connectivity index (χ1v) is 15.6. The molecule has 39 heavy (non-hydrogen) atoms. The molecule has 1 aromatic heterocycles. The molecule has 2 heterocycles. The first-order chi connectivity index (χ1) is 17.8. The number of ether oxygens (including phenoxy) is 1. The van der Waals surface area contributed by atoms with E-state index in [1.807, 2.05) is 27.7 Å². The van der Waals surface area contributed by atoms with Crippen LogP contribution in [0.25, 0.3) is 0 Å². The highest BCUT2D eigenvalue weighted by Crippen LogP contribution is 2.38. The molecular weight excluding hydrogens is 558 g/mol. The van der Waals surface area contributed by atoms with Gasteiger partial charge in [0.05, 0.1) is 17.1 Å².